The molecule has 8 nitrogen and oxygen atoms in total. The maximum atomic E-state index is 11.9. The number of imidazole rings is 1. The second-order valence-electron chi connectivity index (χ2n) is 5.46. The smallest absolute Gasteiger partial charge is 0.266 e. The highest BCUT2D eigenvalue weighted by molar-refractivity contribution is 7.88. The number of aromatic nitrogens is 4. The summed E-state index contributed by atoms with van der Waals surface area (Å²) >= 11 is 0. The molecular weight excluding hydrogens is 306 g/mol. The molecule has 1 atom stereocenters. The molecule has 2 aromatic rings. The van der Waals surface area contributed by atoms with Crippen LogP contribution in [-0.2, 0) is 29.7 Å². The van der Waals surface area contributed by atoms with E-state index in [9.17, 15) is 13.2 Å². The van der Waals surface area contributed by atoms with Crippen molar-refractivity contribution in [2.24, 2.45) is 5.92 Å². The Hall–Kier alpha value is -2.00. The minimum atomic E-state index is -3.33. The average Bonchev–Trinajstić information content (AvgIpc) is 2.79. The van der Waals surface area contributed by atoms with Crippen LogP contribution in [0.5, 0.6) is 0 Å². The zero-order valence-corrected chi connectivity index (χ0v) is 13.0. The minimum Gasteiger partial charge on any atom is -0.333 e. The molecule has 3 rings (SSSR count). The largest absolute Gasteiger partial charge is 0.333 e. The summed E-state index contributed by atoms with van der Waals surface area (Å²) < 4.78 is 28.6. The lowest BCUT2D eigenvalue weighted by atomic mass is 10.1. The maximum absolute atomic E-state index is 11.9. The quantitative estimate of drug-likeness (QED) is 0.762. The molecule has 1 aliphatic rings. The van der Waals surface area contributed by atoms with Crippen molar-refractivity contribution in [3.63, 3.8) is 0 Å². The Kier molecular flexibility index (Phi) is 3.83. The Balaban J connectivity index is 1.91. The van der Waals surface area contributed by atoms with Crippen LogP contribution in [0.2, 0.25) is 0 Å². The molecule has 0 aliphatic carbocycles. The Labute approximate surface area is 128 Å². The van der Waals surface area contributed by atoms with Gasteiger partial charge in [-0.3, -0.25) is 4.79 Å². The van der Waals surface area contributed by atoms with Crippen LogP contribution in [0.15, 0.2) is 35.5 Å². The van der Waals surface area contributed by atoms with E-state index in [1.54, 1.807) is 18.5 Å². The van der Waals surface area contributed by atoms with Crippen LogP contribution in [-0.4, -0.2) is 44.9 Å². The highest BCUT2D eigenvalue weighted by Gasteiger charge is 2.28. The highest BCUT2D eigenvalue weighted by atomic mass is 32.2. The Morgan fingerprint density at radius 2 is 2.14 bits per heavy atom. The van der Waals surface area contributed by atoms with Gasteiger partial charge < -0.3 is 4.57 Å². The second-order valence-corrected chi connectivity index (χ2v) is 7.44. The van der Waals surface area contributed by atoms with E-state index < -0.39 is 10.0 Å². The van der Waals surface area contributed by atoms with E-state index in [-0.39, 0.29) is 18.0 Å². The van der Waals surface area contributed by atoms with E-state index in [0.29, 0.717) is 25.5 Å². The summed E-state index contributed by atoms with van der Waals surface area (Å²) in [5.41, 5.74) is -0.191. The van der Waals surface area contributed by atoms with Gasteiger partial charge in [-0.25, -0.2) is 18.1 Å². The predicted molar refractivity (Wildman–Crippen MR) is 79.5 cm³/mol. The van der Waals surface area contributed by atoms with E-state index in [0.717, 1.165) is 0 Å². The van der Waals surface area contributed by atoms with E-state index in [1.807, 2.05) is 10.8 Å². The fourth-order valence-corrected chi connectivity index (χ4v) is 3.47. The van der Waals surface area contributed by atoms with Gasteiger partial charge in [-0.05, 0) is 6.07 Å². The molecule has 0 aromatic carbocycles. The molecule has 0 bridgehead atoms. The monoisotopic (exact) mass is 323 g/mol. The molecular formula is C13H17N5O3S. The van der Waals surface area contributed by atoms with Crippen molar-refractivity contribution in [2.75, 3.05) is 12.8 Å². The van der Waals surface area contributed by atoms with E-state index in [4.69, 9.17) is 0 Å². The third kappa shape index (κ3) is 3.09. The first-order valence-corrected chi connectivity index (χ1v) is 8.75. The number of sulfonamides is 1. The van der Waals surface area contributed by atoms with Crippen molar-refractivity contribution in [3.8, 4) is 0 Å². The summed E-state index contributed by atoms with van der Waals surface area (Å²) in [6.07, 6.45) is 6.23. The molecule has 22 heavy (non-hydrogen) atoms. The molecule has 2 aromatic heterocycles. The van der Waals surface area contributed by atoms with Crippen molar-refractivity contribution in [1.82, 2.24) is 23.6 Å². The molecule has 0 unspecified atom stereocenters. The molecule has 0 saturated heterocycles. The van der Waals surface area contributed by atoms with Gasteiger partial charge >= 0.3 is 0 Å². The first-order valence-electron chi connectivity index (χ1n) is 6.91. The second kappa shape index (κ2) is 5.65. The van der Waals surface area contributed by atoms with E-state index in [2.05, 4.69) is 10.1 Å². The van der Waals surface area contributed by atoms with Crippen molar-refractivity contribution in [1.29, 1.82) is 0 Å². The Bertz CT molecular complexity index is 826. The third-order valence-electron chi connectivity index (χ3n) is 3.72. The summed E-state index contributed by atoms with van der Waals surface area (Å²) in [7, 11) is -3.33. The number of rotatable bonds is 3. The number of nitrogens with zero attached hydrogens (tertiary/aromatic N) is 5. The van der Waals surface area contributed by atoms with Gasteiger partial charge in [0.05, 0.1) is 19.3 Å². The van der Waals surface area contributed by atoms with Gasteiger partial charge in [-0.2, -0.15) is 9.40 Å². The third-order valence-corrected chi connectivity index (χ3v) is 4.94. The predicted octanol–water partition coefficient (Wildman–Crippen LogP) is -0.469. The Morgan fingerprint density at radius 3 is 2.86 bits per heavy atom. The summed E-state index contributed by atoms with van der Waals surface area (Å²) in [5.74, 6) is 0.652. The number of fused-ring (bicyclic) bond motifs is 1. The average molecular weight is 323 g/mol. The molecule has 0 spiro atoms. The highest BCUT2D eigenvalue weighted by Crippen LogP contribution is 2.18. The lowest BCUT2D eigenvalue weighted by Crippen LogP contribution is -2.36. The standard InChI is InChI=1S/C13H17N5O3S/c1-22(20,21)17-8-11(7-16-6-5-14-12(16)10-17)9-18-13(19)3-2-4-15-18/h2-6,11H,7-10H2,1H3/t11-/m1/s1. The Morgan fingerprint density at radius 1 is 1.32 bits per heavy atom. The first-order chi connectivity index (χ1) is 10.4. The molecule has 3 heterocycles. The molecule has 0 fully saturated rings. The molecule has 118 valence electrons. The van der Waals surface area contributed by atoms with Gasteiger partial charge in [0.1, 0.15) is 5.82 Å². The van der Waals surface area contributed by atoms with Crippen molar-refractivity contribution >= 4 is 10.0 Å². The summed E-state index contributed by atoms with van der Waals surface area (Å²) in [6, 6.07) is 3.03. The molecule has 0 amide bonds. The van der Waals surface area contributed by atoms with Gasteiger partial charge in [0, 0.05) is 43.7 Å². The van der Waals surface area contributed by atoms with E-state index in [1.165, 1.54) is 21.3 Å². The zero-order valence-electron chi connectivity index (χ0n) is 12.2. The van der Waals surface area contributed by atoms with Gasteiger partial charge in [0.15, 0.2) is 0 Å². The number of hydrogen-bond donors (Lipinski definition) is 0. The minimum absolute atomic E-state index is 0.0576. The lowest BCUT2D eigenvalue weighted by Gasteiger charge is -2.21. The zero-order chi connectivity index (χ0) is 15.7. The normalized spacial score (nSPS) is 19.6. The fourth-order valence-electron chi connectivity index (χ4n) is 2.64. The van der Waals surface area contributed by atoms with Crippen molar-refractivity contribution < 1.29 is 8.42 Å². The maximum Gasteiger partial charge on any atom is 0.266 e. The molecule has 1 aliphatic heterocycles. The molecule has 0 saturated carbocycles. The number of hydrogen-bond acceptors (Lipinski definition) is 5. The molecule has 9 heteroatoms. The lowest BCUT2D eigenvalue weighted by molar-refractivity contribution is 0.299. The van der Waals surface area contributed by atoms with Crippen molar-refractivity contribution in [3.05, 3.63) is 46.9 Å². The van der Waals surface area contributed by atoms with Gasteiger partial charge in [0.2, 0.25) is 10.0 Å². The SMILES string of the molecule is CS(=O)(=O)N1Cc2nccn2C[C@@H](Cn2ncccc2=O)C1. The van der Waals surface area contributed by atoms with Gasteiger partial charge in [0.25, 0.3) is 5.56 Å². The fraction of sp³-hybridized carbons (Fsp3) is 0.462. The molecule has 0 N–H and O–H groups in total. The topological polar surface area (TPSA) is 90.1 Å². The van der Waals surface area contributed by atoms with Crippen LogP contribution in [0.25, 0.3) is 0 Å². The van der Waals surface area contributed by atoms with Crippen LogP contribution >= 0.6 is 0 Å². The summed E-state index contributed by atoms with van der Waals surface area (Å²) in [6.45, 7) is 1.55. The van der Waals surface area contributed by atoms with Gasteiger partial charge in [-0.15, -0.1) is 0 Å². The van der Waals surface area contributed by atoms with Crippen LogP contribution in [0.4, 0.5) is 0 Å². The van der Waals surface area contributed by atoms with Gasteiger partial charge in [-0.1, -0.05) is 0 Å². The van der Waals surface area contributed by atoms with Crippen LogP contribution < -0.4 is 5.56 Å². The molecule has 0 radical (unpaired) electrons. The summed E-state index contributed by atoms with van der Waals surface area (Å²) in [4.78, 5) is 16.0. The summed E-state index contributed by atoms with van der Waals surface area (Å²) in [5, 5.41) is 4.05. The van der Waals surface area contributed by atoms with E-state index >= 15 is 0 Å². The van der Waals surface area contributed by atoms with Crippen molar-refractivity contribution in [2.45, 2.75) is 19.6 Å². The van der Waals surface area contributed by atoms with Crippen LogP contribution in [0.3, 0.4) is 0 Å². The van der Waals surface area contributed by atoms with Crippen LogP contribution in [0, 0.1) is 5.92 Å². The van der Waals surface area contributed by atoms with Crippen LogP contribution in [0.1, 0.15) is 5.82 Å². The first kappa shape index (κ1) is 14.9.